The van der Waals surface area contributed by atoms with Crippen LogP contribution < -0.4 is 10.6 Å². The molecule has 0 aromatic heterocycles. The molecule has 4 fully saturated rings. The van der Waals surface area contributed by atoms with Crippen molar-refractivity contribution in [1.29, 1.82) is 0 Å². The van der Waals surface area contributed by atoms with Gasteiger partial charge in [-0.1, -0.05) is 55.8 Å². The first-order chi connectivity index (χ1) is 19.9. The summed E-state index contributed by atoms with van der Waals surface area (Å²) in [6, 6.07) is 16.2. The molecule has 216 valence electrons. The molecule has 1 atom stereocenters. The molecule has 3 amide bonds. The third-order valence-corrected chi connectivity index (χ3v) is 9.60. The van der Waals surface area contributed by atoms with Crippen molar-refractivity contribution in [3.63, 3.8) is 0 Å². The van der Waals surface area contributed by atoms with Crippen LogP contribution in [0.1, 0.15) is 82.4 Å². The van der Waals surface area contributed by atoms with Gasteiger partial charge in [-0.2, -0.15) is 0 Å². The number of ether oxygens (including phenoxy) is 1. The fraction of sp³-hybridized carbons (Fsp3) is 0.500. The Morgan fingerprint density at radius 3 is 2.29 bits per heavy atom. The van der Waals surface area contributed by atoms with E-state index in [1.807, 2.05) is 54.6 Å². The minimum atomic E-state index is -0.717. The predicted octanol–water partition coefficient (Wildman–Crippen LogP) is 6.68. The molecule has 4 bridgehead atoms. The first-order valence-electron chi connectivity index (χ1n) is 15.4. The lowest BCUT2D eigenvalue weighted by atomic mass is 9.49. The highest BCUT2D eigenvalue weighted by molar-refractivity contribution is 6.05. The van der Waals surface area contributed by atoms with Gasteiger partial charge in [0.15, 0.2) is 0 Å². The summed E-state index contributed by atoms with van der Waals surface area (Å²) in [6.07, 6.45) is 8.54. The van der Waals surface area contributed by atoms with Crippen LogP contribution in [-0.2, 0) is 14.3 Å². The van der Waals surface area contributed by atoms with Crippen molar-refractivity contribution < 1.29 is 19.1 Å². The van der Waals surface area contributed by atoms with Crippen LogP contribution in [0.4, 0.5) is 10.5 Å². The number of anilines is 1. The number of urea groups is 1. The second-order valence-corrected chi connectivity index (χ2v) is 12.5. The highest BCUT2D eigenvalue weighted by Gasteiger charge is 2.54. The van der Waals surface area contributed by atoms with E-state index >= 15 is 0 Å². The van der Waals surface area contributed by atoms with Crippen molar-refractivity contribution in [1.82, 2.24) is 10.2 Å². The number of carbonyl (C=O) groups excluding carboxylic acids is 3. The van der Waals surface area contributed by atoms with Crippen molar-refractivity contribution in [2.24, 2.45) is 23.2 Å². The third-order valence-electron chi connectivity index (χ3n) is 9.60. The van der Waals surface area contributed by atoms with E-state index < -0.39 is 12.0 Å². The van der Waals surface area contributed by atoms with E-state index in [9.17, 15) is 14.4 Å². The Morgan fingerprint density at radius 2 is 1.66 bits per heavy atom. The van der Waals surface area contributed by atoms with Crippen LogP contribution in [0.2, 0.25) is 0 Å². The fourth-order valence-electron chi connectivity index (χ4n) is 8.22. The highest BCUT2D eigenvalue weighted by Crippen LogP contribution is 2.60. The molecular formula is C34H41N3O4. The molecule has 0 spiro atoms. The summed E-state index contributed by atoms with van der Waals surface area (Å²) in [6.45, 7) is 4.57. The van der Waals surface area contributed by atoms with Crippen LogP contribution in [0.15, 0.2) is 60.2 Å². The number of unbranched alkanes of at least 4 members (excludes halogenated alkanes) is 1. The lowest BCUT2D eigenvalue weighted by Gasteiger charge is -2.55. The van der Waals surface area contributed by atoms with E-state index in [-0.39, 0.29) is 24.0 Å². The second kappa shape index (κ2) is 11.3. The number of rotatable bonds is 9. The van der Waals surface area contributed by atoms with Gasteiger partial charge in [0.1, 0.15) is 0 Å². The summed E-state index contributed by atoms with van der Waals surface area (Å²) in [5.74, 6) is 1.71. The van der Waals surface area contributed by atoms with E-state index in [0.717, 1.165) is 43.2 Å². The van der Waals surface area contributed by atoms with Gasteiger partial charge in [-0.15, -0.1) is 0 Å². The number of nitrogens with one attached hydrogen (secondary N) is 2. The standard InChI is InChI=1S/C34H41N3O4/c1-3-5-14-37-30(25-10-7-6-8-11-25)28(31(38)41-4-2)29(36-33(37)40)26-12-9-13-27(18-26)35-32(39)34-19-22-15-23(20-34)17-24(16-22)21-34/h6-13,18,22-24,29H,3-5,14-17,19-21H2,1-2H3,(H,35,39)(H,36,40)/t22?,23?,24?,29-,34?/m1/s1. The van der Waals surface area contributed by atoms with Gasteiger partial charge in [-0.05, 0) is 92.9 Å². The molecule has 0 saturated heterocycles. The molecule has 2 N–H and O–H groups in total. The molecule has 4 saturated carbocycles. The van der Waals surface area contributed by atoms with Crippen molar-refractivity contribution >= 4 is 29.3 Å². The minimum absolute atomic E-state index is 0.123. The molecule has 2 aromatic rings. The van der Waals surface area contributed by atoms with Crippen LogP contribution in [0.5, 0.6) is 0 Å². The summed E-state index contributed by atoms with van der Waals surface area (Å²) in [4.78, 5) is 42.6. The number of benzene rings is 2. The molecule has 1 aliphatic heterocycles. The Kier molecular flexibility index (Phi) is 7.62. The summed E-state index contributed by atoms with van der Waals surface area (Å²) in [5, 5.41) is 6.33. The van der Waals surface area contributed by atoms with Crippen molar-refractivity contribution in [3.8, 4) is 0 Å². The van der Waals surface area contributed by atoms with Gasteiger partial charge in [0.05, 0.1) is 29.3 Å². The van der Waals surface area contributed by atoms with Crippen LogP contribution in [-0.4, -0.2) is 36.0 Å². The van der Waals surface area contributed by atoms with Crippen LogP contribution in [0.3, 0.4) is 0 Å². The highest BCUT2D eigenvalue weighted by atomic mass is 16.5. The third kappa shape index (κ3) is 5.27. The normalized spacial score (nSPS) is 28.4. The molecule has 5 aliphatic rings. The Balaban J connectivity index is 1.35. The van der Waals surface area contributed by atoms with Crippen molar-refractivity contribution in [3.05, 3.63) is 71.3 Å². The number of carbonyl (C=O) groups is 3. The number of hydrogen-bond acceptors (Lipinski definition) is 4. The van der Waals surface area contributed by atoms with E-state index in [0.29, 0.717) is 41.3 Å². The van der Waals surface area contributed by atoms with Gasteiger partial charge in [0.25, 0.3) is 0 Å². The van der Waals surface area contributed by atoms with Gasteiger partial charge < -0.3 is 15.4 Å². The summed E-state index contributed by atoms with van der Waals surface area (Å²) in [7, 11) is 0. The van der Waals surface area contributed by atoms with E-state index in [4.69, 9.17) is 4.74 Å². The Labute approximate surface area is 242 Å². The topological polar surface area (TPSA) is 87.7 Å². The molecule has 0 radical (unpaired) electrons. The lowest BCUT2D eigenvalue weighted by Crippen LogP contribution is -2.51. The number of nitrogens with zero attached hydrogens (tertiary/aromatic N) is 1. The molecule has 7 rings (SSSR count). The lowest BCUT2D eigenvalue weighted by molar-refractivity contribution is -0.140. The average molecular weight is 556 g/mol. The molecule has 1 heterocycles. The van der Waals surface area contributed by atoms with Crippen molar-refractivity contribution in [2.45, 2.75) is 71.3 Å². The first kappa shape index (κ1) is 27.6. The van der Waals surface area contributed by atoms with Crippen LogP contribution >= 0.6 is 0 Å². The molecule has 2 aromatic carbocycles. The summed E-state index contributed by atoms with van der Waals surface area (Å²) >= 11 is 0. The monoisotopic (exact) mass is 555 g/mol. The maximum absolute atomic E-state index is 13.8. The zero-order valence-corrected chi connectivity index (χ0v) is 24.2. The quantitative estimate of drug-likeness (QED) is 0.338. The fourth-order valence-corrected chi connectivity index (χ4v) is 8.22. The van der Waals surface area contributed by atoms with Gasteiger partial charge in [0, 0.05) is 12.2 Å². The van der Waals surface area contributed by atoms with Crippen molar-refractivity contribution in [2.75, 3.05) is 18.5 Å². The van der Waals surface area contributed by atoms with E-state index in [1.54, 1.807) is 11.8 Å². The molecular weight excluding hydrogens is 514 g/mol. The maximum atomic E-state index is 13.8. The minimum Gasteiger partial charge on any atom is -0.463 e. The second-order valence-electron chi connectivity index (χ2n) is 12.5. The first-order valence-corrected chi connectivity index (χ1v) is 15.4. The maximum Gasteiger partial charge on any atom is 0.338 e. The van der Waals surface area contributed by atoms with Gasteiger partial charge in [0.2, 0.25) is 5.91 Å². The predicted molar refractivity (Wildman–Crippen MR) is 159 cm³/mol. The zero-order chi connectivity index (χ0) is 28.6. The molecule has 7 nitrogen and oxygen atoms in total. The van der Waals surface area contributed by atoms with Crippen LogP contribution in [0, 0.1) is 23.2 Å². The summed E-state index contributed by atoms with van der Waals surface area (Å²) in [5.41, 5.74) is 2.93. The Morgan fingerprint density at radius 1 is 0.976 bits per heavy atom. The Hall–Kier alpha value is -3.61. The SMILES string of the molecule is CCCCN1C(=O)N[C@H](c2cccc(NC(=O)C34CC5CC(CC(C5)C3)C4)c2)C(C(=O)OCC)=C1c1ccccc1. The van der Waals surface area contributed by atoms with Crippen LogP contribution in [0.25, 0.3) is 5.70 Å². The Bertz CT molecular complexity index is 1320. The number of hydrogen-bond donors (Lipinski definition) is 2. The van der Waals surface area contributed by atoms with E-state index in [2.05, 4.69) is 17.6 Å². The molecule has 7 heteroatoms. The molecule has 41 heavy (non-hydrogen) atoms. The van der Waals surface area contributed by atoms with Gasteiger partial charge in [-0.3, -0.25) is 9.69 Å². The smallest absolute Gasteiger partial charge is 0.338 e. The average Bonchev–Trinajstić information content (AvgIpc) is 2.96. The largest absolute Gasteiger partial charge is 0.463 e. The number of amides is 3. The zero-order valence-electron chi connectivity index (χ0n) is 24.2. The van der Waals surface area contributed by atoms with Gasteiger partial charge >= 0.3 is 12.0 Å². The van der Waals surface area contributed by atoms with E-state index in [1.165, 1.54) is 19.3 Å². The number of esters is 1. The molecule has 0 unspecified atom stereocenters. The molecule has 4 aliphatic carbocycles. The van der Waals surface area contributed by atoms with Gasteiger partial charge in [-0.25, -0.2) is 9.59 Å². The summed E-state index contributed by atoms with van der Waals surface area (Å²) < 4.78 is 5.56.